The molecule has 2 aromatic rings. The molecule has 24 heteroatoms. The van der Waals surface area contributed by atoms with E-state index >= 15 is 0 Å². The number of ether oxygens (including phenoxy) is 11. The van der Waals surface area contributed by atoms with Gasteiger partial charge in [0, 0.05) is 68.8 Å². The lowest BCUT2D eigenvalue weighted by atomic mass is 10.1. The van der Waals surface area contributed by atoms with Crippen molar-refractivity contribution in [2.75, 3.05) is 171 Å². The van der Waals surface area contributed by atoms with Gasteiger partial charge in [0.2, 0.25) is 29.2 Å². The summed E-state index contributed by atoms with van der Waals surface area (Å²) in [6.07, 6.45) is 4.04. The molecular formula is C50H75F4N5O14S. The zero-order valence-corrected chi connectivity index (χ0v) is 43.7. The van der Waals surface area contributed by atoms with E-state index in [0.29, 0.717) is 150 Å². The average Bonchev–Trinajstić information content (AvgIpc) is 3.67. The van der Waals surface area contributed by atoms with Gasteiger partial charge >= 0.3 is 5.97 Å². The largest absolute Gasteiger partial charge is 0.420 e. The zero-order valence-electron chi connectivity index (χ0n) is 42.9. The molecule has 0 spiro atoms. The van der Waals surface area contributed by atoms with E-state index in [1.807, 2.05) is 15.9 Å². The molecule has 1 aromatic carbocycles. The third-order valence-corrected chi connectivity index (χ3v) is 12.0. The number of piperazine rings is 1. The highest BCUT2D eigenvalue weighted by atomic mass is 32.1. The minimum Gasteiger partial charge on any atom is -0.420 e. The molecule has 3 heterocycles. The molecular weight excluding hydrogens is 1000 g/mol. The van der Waals surface area contributed by atoms with Crippen LogP contribution >= 0.6 is 11.3 Å². The molecule has 1 saturated heterocycles. The van der Waals surface area contributed by atoms with Crippen LogP contribution in [0.15, 0.2) is 22.7 Å². The molecule has 19 nitrogen and oxygen atoms in total. The summed E-state index contributed by atoms with van der Waals surface area (Å²) in [6, 6.07) is 2.08. The van der Waals surface area contributed by atoms with Gasteiger partial charge in [0.1, 0.15) is 5.84 Å². The van der Waals surface area contributed by atoms with Crippen LogP contribution in [0, 0.1) is 23.3 Å². The summed E-state index contributed by atoms with van der Waals surface area (Å²) in [5, 5.41) is 0. The fraction of sp³-hybridized carbons (Fsp3) is 0.680. The van der Waals surface area contributed by atoms with Crippen molar-refractivity contribution in [3.63, 3.8) is 0 Å². The van der Waals surface area contributed by atoms with E-state index in [1.54, 1.807) is 11.3 Å². The van der Waals surface area contributed by atoms with Crippen LogP contribution in [0.25, 0.3) is 6.08 Å². The second-order valence-corrected chi connectivity index (χ2v) is 17.9. The van der Waals surface area contributed by atoms with Gasteiger partial charge in [-0.05, 0) is 25.0 Å². The van der Waals surface area contributed by atoms with Crippen molar-refractivity contribution < 1.29 is 84.1 Å². The number of aliphatic imine (C=N–C) groups is 1. The quantitative estimate of drug-likeness (QED) is 0.0309. The maximum atomic E-state index is 13.6. The molecule has 74 heavy (non-hydrogen) atoms. The number of carbonyl (C=O) groups excluding carboxylic acids is 3. The number of amidine groups is 1. The highest BCUT2D eigenvalue weighted by Gasteiger charge is 2.26. The Morgan fingerprint density at radius 3 is 1.46 bits per heavy atom. The van der Waals surface area contributed by atoms with E-state index in [-0.39, 0.29) is 37.7 Å². The summed E-state index contributed by atoms with van der Waals surface area (Å²) < 4.78 is 113. The Hall–Kier alpha value is -4.18. The van der Waals surface area contributed by atoms with Crippen molar-refractivity contribution >= 4 is 46.7 Å². The monoisotopic (exact) mass is 1080 g/mol. The second-order valence-electron chi connectivity index (χ2n) is 16.8. The van der Waals surface area contributed by atoms with Crippen LogP contribution in [0.1, 0.15) is 55.7 Å². The van der Waals surface area contributed by atoms with Gasteiger partial charge < -0.3 is 67.6 Å². The molecule has 0 saturated carbocycles. The van der Waals surface area contributed by atoms with Gasteiger partial charge in [-0.25, -0.2) is 13.8 Å². The molecule has 2 aliphatic heterocycles. The van der Waals surface area contributed by atoms with E-state index in [2.05, 4.69) is 34.5 Å². The number of hydrogen-bond acceptors (Lipinski definition) is 18. The first kappa shape index (κ1) is 62.4. The molecule has 0 aliphatic carbocycles. The number of hydrogen-bond donors (Lipinski definition) is 1. The van der Waals surface area contributed by atoms with Crippen LogP contribution in [0.3, 0.4) is 0 Å². The molecule has 2 aliphatic rings. The molecule has 0 atom stereocenters. The average molecular weight is 1080 g/mol. The fourth-order valence-electron chi connectivity index (χ4n) is 7.24. The van der Waals surface area contributed by atoms with Crippen molar-refractivity contribution in [2.24, 2.45) is 10.7 Å². The number of halogens is 4. The fourth-order valence-corrected chi connectivity index (χ4v) is 8.36. The molecule has 4 rings (SSSR count). The Morgan fingerprint density at radius 2 is 1.03 bits per heavy atom. The molecule has 418 valence electrons. The molecule has 0 bridgehead atoms. The minimum absolute atomic E-state index is 0.0165. The third kappa shape index (κ3) is 24.7. The first-order valence-electron chi connectivity index (χ1n) is 25.3. The lowest BCUT2D eigenvalue weighted by Gasteiger charge is -2.34. The van der Waals surface area contributed by atoms with Gasteiger partial charge in [-0.15, -0.1) is 11.3 Å². The van der Waals surface area contributed by atoms with Crippen LogP contribution in [-0.4, -0.2) is 210 Å². The van der Waals surface area contributed by atoms with E-state index in [1.165, 1.54) is 0 Å². The molecule has 1 aromatic heterocycles. The van der Waals surface area contributed by atoms with Crippen molar-refractivity contribution in [2.45, 2.75) is 52.5 Å². The van der Waals surface area contributed by atoms with Crippen molar-refractivity contribution in [1.29, 1.82) is 0 Å². The standard InChI is InChI=1S/C50H75F4N5O14S/c1-3-7-59(8-4-2)50(62)38-33-43-42(56-44(55)34-38)35-39(74-43)37-57-9-11-58(12-10-57)45(60)5-13-63-15-17-65-19-21-67-23-25-69-27-29-71-31-32-72-30-28-70-26-24-68-22-20-66-18-16-64-14-6-46(61)73-49-47(53)40(51)36-41(52)48(49)54/h33,35-36H,3-32,34,37H2,1-2H3,(H2,55,56). The van der Waals surface area contributed by atoms with Gasteiger partial charge in [-0.2, -0.15) is 8.78 Å². The SMILES string of the molecule is CCCN(CCC)C(=O)C1=Cc2sc(CN3CCN(C(=O)CCOCCOCCOCCOCCOCCOCCOCCOCCOCCOCCC(=O)Oc4c(F)c(F)cc(F)c4F)CC3)cc2N=C(N)C1. The Balaban J connectivity index is 0.837. The Morgan fingerprint density at radius 1 is 0.608 bits per heavy atom. The molecule has 1 fully saturated rings. The van der Waals surface area contributed by atoms with Gasteiger partial charge in [0.25, 0.3) is 0 Å². The third-order valence-electron chi connectivity index (χ3n) is 10.9. The van der Waals surface area contributed by atoms with Crippen LogP contribution in [0.5, 0.6) is 5.75 Å². The Labute approximate surface area is 435 Å². The van der Waals surface area contributed by atoms with Crippen LogP contribution in [-0.2, 0) is 68.3 Å². The zero-order chi connectivity index (χ0) is 53.2. The number of amides is 2. The normalized spacial score (nSPS) is 13.9. The lowest BCUT2D eigenvalue weighted by Crippen LogP contribution is -2.48. The minimum atomic E-state index is -1.80. The lowest BCUT2D eigenvalue weighted by molar-refractivity contribution is -0.136. The number of thiophene rings is 1. The van der Waals surface area contributed by atoms with Crippen molar-refractivity contribution in [3.05, 3.63) is 50.7 Å². The topological polar surface area (TPSA) is 201 Å². The molecule has 0 radical (unpaired) electrons. The molecule has 0 unspecified atom stereocenters. The number of nitrogens with zero attached hydrogens (tertiary/aromatic N) is 4. The summed E-state index contributed by atoms with van der Waals surface area (Å²) in [6.45, 7) is 16.1. The molecule has 2 amide bonds. The van der Waals surface area contributed by atoms with Crippen molar-refractivity contribution in [1.82, 2.24) is 14.7 Å². The summed E-state index contributed by atoms with van der Waals surface area (Å²) in [5.41, 5.74) is 7.75. The van der Waals surface area contributed by atoms with Gasteiger partial charge in [-0.3, -0.25) is 19.3 Å². The maximum absolute atomic E-state index is 13.6. The number of rotatable bonds is 41. The van der Waals surface area contributed by atoms with E-state index in [0.717, 1.165) is 61.0 Å². The van der Waals surface area contributed by atoms with Gasteiger partial charge in [-0.1, -0.05) is 13.8 Å². The number of fused-ring (bicyclic) bond motifs is 1. The van der Waals surface area contributed by atoms with Crippen LogP contribution in [0.2, 0.25) is 0 Å². The van der Waals surface area contributed by atoms with Gasteiger partial charge in [0.15, 0.2) is 11.6 Å². The van der Waals surface area contributed by atoms with Crippen LogP contribution < -0.4 is 10.5 Å². The first-order valence-corrected chi connectivity index (χ1v) is 26.1. The summed E-state index contributed by atoms with van der Waals surface area (Å²) in [4.78, 5) is 50.8. The number of carbonyl (C=O) groups is 3. The number of benzene rings is 1. The smallest absolute Gasteiger partial charge is 0.313 e. The van der Waals surface area contributed by atoms with Gasteiger partial charge in [0.05, 0.1) is 156 Å². The predicted molar refractivity (Wildman–Crippen MR) is 267 cm³/mol. The molecule has 2 N–H and O–H groups in total. The highest BCUT2D eigenvalue weighted by Crippen LogP contribution is 2.36. The maximum Gasteiger partial charge on any atom is 0.313 e. The summed E-state index contributed by atoms with van der Waals surface area (Å²) in [7, 11) is 0. The van der Waals surface area contributed by atoms with E-state index < -0.39 is 41.4 Å². The Bertz CT molecular complexity index is 1980. The van der Waals surface area contributed by atoms with E-state index in [9.17, 15) is 31.9 Å². The Kier molecular flexibility index (Phi) is 31.6. The van der Waals surface area contributed by atoms with Crippen LogP contribution in [0.4, 0.5) is 23.2 Å². The van der Waals surface area contributed by atoms with E-state index in [4.69, 9.17) is 53.1 Å². The summed E-state index contributed by atoms with van der Waals surface area (Å²) in [5.74, 6) is -8.95. The number of esters is 1. The highest BCUT2D eigenvalue weighted by molar-refractivity contribution is 7.13. The first-order chi connectivity index (χ1) is 36.0. The van der Waals surface area contributed by atoms with Crippen molar-refractivity contribution in [3.8, 4) is 5.75 Å². The second kappa shape index (κ2) is 37.5. The predicted octanol–water partition coefficient (Wildman–Crippen LogP) is 4.92. The summed E-state index contributed by atoms with van der Waals surface area (Å²) >= 11 is 1.64. The number of nitrogens with two attached hydrogens (primary N) is 1.